The monoisotopic (exact) mass is 469 g/mol. The Morgan fingerprint density at radius 3 is 2.86 bits per heavy atom. The Hall–Kier alpha value is -4.85. The Morgan fingerprint density at radius 1 is 1.20 bits per heavy atom. The SMILES string of the molecule is N#Cc1cccc(C(=O)NCc2cn(-c3ccc4c(c3)CN(C3CCC(=O)NC3=O)C4=O)nn2)c1. The predicted octanol–water partition coefficient (Wildman–Crippen LogP) is 0.830. The standard InChI is InChI=1S/C24H19N7O4/c25-10-14-2-1-3-15(8-14)22(33)26-11-17-13-31(29-28-17)18-4-5-19-16(9-18)12-30(24(19)35)20-6-7-21(32)27-23(20)34/h1-5,8-9,13,20H,6-7,11-12H2,(H,26,33)(H,27,32,34). The average Bonchev–Trinajstić information content (AvgIpc) is 3.47. The van der Waals surface area contributed by atoms with E-state index >= 15 is 0 Å². The molecule has 2 N–H and O–H groups in total. The second-order valence-corrected chi connectivity index (χ2v) is 8.27. The third-order valence-electron chi connectivity index (χ3n) is 6.00. The zero-order valence-corrected chi connectivity index (χ0v) is 18.4. The lowest BCUT2D eigenvalue weighted by atomic mass is 10.0. The summed E-state index contributed by atoms with van der Waals surface area (Å²) >= 11 is 0. The lowest BCUT2D eigenvalue weighted by Crippen LogP contribution is -2.52. The van der Waals surface area contributed by atoms with Gasteiger partial charge in [-0.15, -0.1) is 5.10 Å². The second-order valence-electron chi connectivity index (χ2n) is 8.27. The molecule has 174 valence electrons. The van der Waals surface area contributed by atoms with Gasteiger partial charge in [-0.05, 0) is 48.4 Å². The van der Waals surface area contributed by atoms with Gasteiger partial charge in [0.1, 0.15) is 11.7 Å². The first-order valence-electron chi connectivity index (χ1n) is 10.9. The molecule has 1 fully saturated rings. The summed E-state index contributed by atoms with van der Waals surface area (Å²) in [5, 5.41) is 22.2. The van der Waals surface area contributed by atoms with E-state index in [-0.39, 0.29) is 37.2 Å². The van der Waals surface area contributed by atoms with Crippen LogP contribution in [0.3, 0.4) is 0 Å². The lowest BCUT2D eigenvalue weighted by molar-refractivity contribution is -0.136. The summed E-state index contributed by atoms with van der Waals surface area (Å²) in [5.74, 6) is -1.36. The molecule has 2 aromatic carbocycles. The zero-order chi connectivity index (χ0) is 24.5. The second kappa shape index (κ2) is 8.83. The van der Waals surface area contributed by atoms with E-state index in [0.717, 1.165) is 5.56 Å². The van der Waals surface area contributed by atoms with Crippen molar-refractivity contribution in [1.82, 2.24) is 30.5 Å². The fourth-order valence-corrected chi connectivity index (χ4v) is 4.21. The summed E-state index contributed by atoms with van der Waals surface area (Å²) in [6.45, 7) is 0.399. The summed E-state index contributed by atoms with van der Waals surface area (Å²) in [6.07, 6.45) is 2.17. The summed E-state index contributed by atoms with van der Waals surface area (Å²) in [4.78, 5) is 50.4. The number of piperidine rings is 1. The number of aromatic nitrogens is 3. The number of fused-ring (bicyclic) bond motifs is 1. The predicted molar refractivity (Wildman–Crippen MR) is 120 cm³/mol. The number of nitriles is 1. The zero-order valence-electron chi connectivity index (χ0n) is 18.4. The number of rotatable bonds is 5. The topological polar surface area (TPSA) is 150 Å². The van der Waals surface area contributed by atoms with Gasteiger partial charge in [-0.1, -0.05) is 11.3 Å². The highest BCUT2D eigenvalue weighted by molar-refractivity contribution is 6.05. The third-order valence-corrected chi connectivity index (χ3v) is 6.00. The van der Waals surface area contributed by atoms with Gasteiger partial charge in [-0.2, -0.15) is 5.26 Å². The van der Waals surface area contributed by atoms with Gasteiger partial charge >= 0.3 is 0 Å². The summed E-state index contributed by atoms with van der Waals surface area (Å²) in [7, 11) is 0. The first-order chi connectivity index (χ1) is 16.9. The van der Waals surface area contributed by atoms with E-state index in [0.29, 0.717) is 34.5 Å². The minimum atomic E-state index is -0.675. The molecule has 1 saturated heterocycles. The quantitative estimate of drug-likeness (QED) is 0.526. The number of amides is 4. The molecule has 0 spiro atoms. The van der Waals surface area contributed by atoms with Crippen LogP contribution in [0.2, 0.25) is 0 Å². The number of nitrogens with zero attached hydrogens (tertiary/aromatic N) is 5. The largest absolute Gasteiger partial charge is 0.346 e. The molecule has 5 rings (SSSR count). The lowest BCUT2D eigenvalue weighted by Gasteiger charge is -2.29. The molecule has 0 aliphatic carbocycles. The summed E-state index contributed by atoms with van der Waals surface area (Å²) < 4.78 is 1.54. The van der Waals surface area contributed by atoms with Crippen molar-refractivity contribution in [1.29, 1.82) is 5.26 Å². The van der Waals surface area contributed by atoms with Crippen molar-refractivity contribution in [2.24, 2.45) is 0 Å². The van der Waals surface area contributed by atoms with Crippen LogP contribution in [-0.4, -0.2) is 49.6 Å². The molecular formula is C24H19N7O4. The minimum Gasteiger partial charge on any atom is -0.346 e. The van der Waals surface area contributed by atoms with E-state index in [4.69, 9.17) is 5.26 Å². The molecule has 3 aromatic rings. The Morgan fingerprint density at radius 2 is 2.06 bits per heavy atom. The van der Waals surface area contributed by atoms with Crippen molar-refractivity contribution in [3.05, 3.63) is 76.6 Å². The molecule has 0 radical (unpaired) electrons. The number of carbonyl (C=O) groups excluding carboxylic acids is 4. The van der Waals surface area contributed by atoms with Gasteiger partial charge in [0.05, 0.1) is 30.1 Å². The fraction of sp³-hybridized carbons (Fsp3) is 0.208. The number of hydrogen-bond donors (Lipinski definition) is 2. The van der Waals surface area contributed by atoms with Crippen molar-refractivity contribution >= 4 is 23.6 Å². The van der Waals surface area contributed by atoms with Crippen LogP contribution in [0, 0.1) is 11.3 Å². The molecule has 0 saturated carbocycles. The van der Waals surface area contributed by atoms with Gasteiger partial charge in [-0.3, -0.25) is 24.5 Å². The molecule has 2 aliphatic heterocycles. The van der Waals surface area contributed by atoms with Crippen molar-refractivity contribution < 1.29 is 19.2 Å². The van der Waals surface area contributed by atoms with Crippen LogP contribution in [0.25, 0.3) is 5.69 Å². The average molecular weight is 469 g/mol. The van der Waals surface area contributed by atoms with Gasteiger partial charge in [0, 0.05) is 24.1 Å². The Balaban J connectivity index is 1.27. The van der Waals surface area contributed by atoms with Gasteiger partial charge in [0.25, 0.3) is 11.8 Å². The normalized spacial score (nSPS) is 17.1. The van der Waals surface area contributed by atoms with Crippen LogP contribution in [0.5, 0.6) is 0 Å². The van der Waals surface area contributed by atoms with Crippen LogP contribution in [0.4, 0.5) is 0 Å². The van der Waals surface area contributed by atoms with E-state index in [1.54, 1.807) is 36.5 Å². The van der Waals surface area contributed by atoms with Gasteiger partial charge < -0.3 is 10.2 Å². The van der Waals surface area contributed by atoms with Crippen LogP contribution in [0.1, 0.15) is 50.4 Å². The van der Waals surface area contributed by atoms with E-state index in [9.17, 15) is 19.2 Å². The molecular weight excluding hydrogens is 450 g/mol. The first-order valence-corrected chi connectivity index (χ1v) is 10.9. The molecule has 11 nitrogen and oxygen atoms in total. The highest BCUT2D eigenvalue weighted by Gasteiger charge is 2.39. The maximum atomic E-state index is 12.8. The maximum absolute atomic E-state index is 12.8. The molecule has 1 aromatic heterocycles. The van der Waals surface area contributed by atoms with Crippen LogP contribution in [-0.2, 0) is 22.7 Å². The van der Waals surface area contributed by atoms with Gasteiger partial charge in [0.15, 0.2) is 0 Å². The maximum Gasteiger partial charge on any atom is 0.255 e. The molecule has 4 amide bonds. The number of benzene rings is 2. The Bertz CT molecular complexity index is 1420. The smallest absolute Gasteiger partial charge is 0.255 e. The van der Waals surface area contributed by atoms with Crippen molar-refractivity contribution in [3.63, 3.8) is 0 Å². The Kier molecular flexibility index (Phi) is 5.54. The van der Waals surface area contributed by atoms with Crippen LogP contribution >= 0.6 is 0 Å². The third kappa shape index (κ3) is 4.24. The van der Waals surface area contributed by atoms with Crippen LogP contribution < -0.4 is 10.6 Å². The molecule has 1 atom stereocenters. The summed E-state index contributed by atoms with van der Waals surface area (Å²) in [5.41, 5.74) is 3.23. The number of hydrogen-bond acceptors (Lipinski definition) is 7. The highest BCUT2D eigenvalue weighted by Crippen LogP contribution is 2.29. The van der Waals surface area contributed by atoms with E-state index < -0.39 is 11.9 Å². The Labute approximate surface area is 199 Å². The van der Waals surface area contributed by atoms with E-state index in [2.05, 4.69) is 20.9 Å². The summed E-state index contributed by atoms with van der Waals surface area (Å²) in [6, 6.07) is 12.9. The van der Waals surface area contributed by atoms with Crippen molar-refractivity contribution in [3.8, 4) is 11.8 Å². The van der Waals surface area contributed by atoms with Gasteiger partial charge in [-0.25, -0.2) is 4.68 Å². The van der Waals surface area contributed by atoms with Crippen LogP contribution in [0.15, 0.2) is 48.7 Å². The molecule has 0 bridgehead atoms. The van der Waals surface area contributed by atoms with Gasteiger partial charge in [0.2, 0.25) is 11.8 Å². The molecule has 11 heteroatoms. The molecule has 3 heterocycles. The van der Waals surface area contributed by atoms with E-state index in [1.807, 2.05) is 12.1 Å². The highest BCUT2D eigenvalue weighted by atomic mass is 16.2. The first kappa shape index (κ1) is 22.0. The molecule has 35 heavy (non-hydrogen) atoms. The number of nitrogens with one attached hydrogen (secondary N) is 2. The van der Waals surface area contributed by atoms with Crippen molar-refractivity contribution in [2.45, 2.75) is 32.0 Å². The van der Waals surface area contributed by atoms with Crippen molar-refractivity contribution in [2.75, 3.05) is 0 Å². The molecule has 1 unspecified atom stereocenters. The minimum absolute atomic E-state index is 0.141. The number of carbonyl (C=O) groups is 4. The van der Waals surface area contributed by atoms with E-state index in [1.165, 1.54) is 15.6 Å². The fourth-order valence-electron chi connectivity index (χ4n) is 4.21. The number of imide groups is 1. The molecule has 2 aliphatic rings.